The summed E-state index contributed by atoms with van der Waals surface area (Å²) in [5, 5.41) is 10.7. The standard InChI is InChI=1S/C15H20O2S/c16-13(15-6-3-9-18-15)10-14-12-5-2-1-4-11(12)7-8-17-14/h1-2,4-5,13-16H,3,6-10H2. The maximum absolute atomic E-state index is 10.3. The minimum absolute atomic E-state index is 0.0890. The summed E-state index contributed by atoms with van der Waals surface area (Å²) in [6.07, 6.45) is 4.00. The Balaban J connectivity index is 1.70. The molecule has 3 unspecified atom stereocenters. The van der Waals surface area contributed by atoms with Crippen LogP contribution in [0.25, 0.3) is 0 Å². The van der Waals surface area contributed by atoms with Gasteiger partial charge in [0.15, 0.2) is 0 Å². The van der Waals surface area contributed by atoms with E-state index in [1.807, 2.05) is 11.8 Å². The number of aliphatic hydroxyl groups excluding tert-OH is 1. The lowest BCUT2D eigenvalue weighted by atomic mass is 9.93. The van der Waals surface area contributed by atoms with Gasteiger partial charge in [-0.05, 0) is 36.1 Å². The van der Waals surface area contributed by atoms with Crippen LogP contribution >= 0.6 is 11.8 Å². The molecule has 0 radical (unpaired) electrons. The number of benzene rings is 1. The van der Waals surface area contributed by atoms with Gasteiger partial charge in [-0.2, -0.15) is 11.8 Å². The van der Waals surface area contributed by atoms with E-state index < -0.39 is 0 Å². The summed E-state index contributed by atoms with van der Waals surface area (Å²) in [4.78, 5) is 0. The van der Waals surface area contributed by atoms with Gasteiger partial charge in [-0.25, -0.2) is 0 Å². The number of fused-ring (bicyclic) bond motifs is 1. The molecule has 0 spiro atoms. The van der Waals surface area contributed by atoms with Crippen LogP contribution in [0.5, 0.6) is 0 Å². The number of hydrogen-bond donors (Lipinski definition) is 1. The van der Waals surface area contributed by atoms with Crippen LogP contribution in [0.15, 0.2) is 24.3 Å². The average molecular weight is 264 g/mol. The Hall–Kier alpha value is -0.510. The molecule has 1 aromatic carbocycles. The summed E-state index contributed by atoms with van der Waals surface area (Å²) >= 11 is 1.91. The normalized spacial score (nSPS) is 28.9. The molecule has 98 valence electrons. The van der Waals surface area contributed by atoms with Crippen molar-refractivity contribution in [2.45, 2.75) is 43.1 Å². The molecule has 1 aromatic rings. The first-order chi connectivity index (χ1) is 8.84. The van der Waals surface area contributed by atoms with E-state index in [-0.39, 0.29) is 12.2 Å². The van der Waals surface area contributed by atoms with Crippen LogP contribution in [-0.2, 0) is 11.2 Å². The van der Waals surface area contributed by atoms with Gasteiger partial charge < -0.3 is 9.84 Å². The van der Waals surface area contributed by atoms with E-state index in [0.29, 0.717) is 5.25 Å². The summed E-state index contributed by atoms with van der Waals surface area (Å²) in [7, 11) is 0. The molecule has 2 nitrogen and oxygen atoms in total. The number of ether oxygens (including phenoxy) is 1. The van der Waals surface area contributed by atoms with Gasteiger partial charge in [-0.15, -0.1) is 0 Å². The molecule has 2 heterocycles. The zero-order chi connectivity index (χ0) is 12.4. The largest absolute Gasteiger partial charge is 0.392 e. The molecule has 3 rings (SSSR count). The highest BCUT2D eigenvalue weighted by molar-refractivity contribution is 8.00. The molecule has 0 bridgehead atoms. The van der Waals surface area contributed by atoms with Crippen molar-refractivity contribution >= 4 is 11.8 Å². The first-order valence-corrected chi connectivity index (χ1v) is 7.88. The first kappa shape index (κ1) is 12.5. The molecule has 3 atom stereocenters. The fourth-order valence-electron chi connectivity index (χ4n) is 2.95. The molecule has 2 aliphatic rings. The second-order valence-electron chi connectivity index (χ2n) is 5.16. The van der Waals surface area contributed by atoms with Crippen molar-refractivity contribution in [2.24, 2.45) is 0 Å². The Labute approximate surface area is 113 Å². The molecule has 3 heteroatoms. The van der Waals surface area contributed by atoms with Gasteiger partial charge in [-0.1, -0.05) is 24.3 Å². The molecule has 0 saturated carbocycles. The zero-order valence-electron chi connectivity index (χ0n) is 10.5. The summed E-state index contributed by atoms with van der Waals surface area (Å²) in [5.41, 5.74) is 2.67. The molecule has 0 aromatic heterocycles. The predicted molar refractivity (Wildman–Crippen MR) is 74.9 cm³/mol. The van der Waals surface area contributed by atoms with Gasteiger partial charge in [0.05, 0.1) is 18.8 Å². The summed E-state index contributed by atoms with van der Waals surface area (Å²) in [5.74, 6) is 1.20. The highest BCUT2D eigenvalue weighted by Crippen LogP contribution is 2.35. The molecular weight excluding hydrogens is 244 g/mol. The fourth-order valence-corrected chi connectivity index (χ4v) is 4.25. The Kier molecular flexibility index (Phi) is 3.92. The van der Waals surface area contributed by atoms with E-state index >= 15 is 0 Å². The smallest absolute Gasteiger partial charge is 0.0852 e. The monoisotopic (exact) mass is 264 g/mol. The molecule has 0 aliphatic carbocycles. The van der Waals surface area contributed by atoms with Gasteiger partial charge in [0.2, 0.25) is 0 Å². The number of thioether (sulfide) groups is 1. The lowest BCUT2D eigenvalue weighted by molar-refractivity contribution is 0.00392. The molecule has 1 N–H and O–H groups in total. The molecule has 1 fully saturated rings. The fraction of sp³-hybridized carbons (Fsp3) is 0.600. The predicted octanol–water partition coefficient (Wildman–Crippen LogP) is 2.95. The van der Waals surface area contributed by atoms with Gasteiger partial charge in [-0.3, -0.25) is 0 Å². The van der Waals surface area contributed by atoms with Crippen molar-refractivity contribution in [3.8, 4) is 0 Å². The van der Waals surface area contributed by atoms with Crippen LogP contribution < -0.4 is 0 Å². The zero-order valence-corrected chi connectivity index (χ0v) is 11.4. The highest BCUT2D eigenvalue weighted by atomic mass is 32.2. The molecule has 0 amide bonds. The SMILES string of the molecule is OC(CC1OCCc2ccccc21)C1CCCS1. The number of aliphatic hydroxyl groups is 1. The Morgan fingerprint density at radius 2 is 2.28 bits per heavy atom. The van der Waals surface area contributed by atoms with Crippen LogP contribution in [0.3, 0.4) is 0 Å². The van der Waals surface area contributed by atoms with Gasteiger partial charge in [0.1, 0.15) is 0 Å². The maximum atomic E-state index is 10.3. The summed E-state index contributed by atoms with van der Waals surface area (Å²) in [6.45, 7) is 0.784. The third-order valence-corrected chi connectivity index (χ3v) is 5.44. The van der Waals surface area contributed by atoms with Crippen molar-refractivity contribution in [3.63, 3.8) is 0 Å². The van der Waals surface area contributed by atoms with Crippen molar-refractivity contribution in [3.05, 3.63) is 35.4 Å². The molecule has 1 saturated heterocycles. The van der Waals surface area contributed by atoms with Gasteiger partial charge in [0.25, 0.3) is 0 Å². The third kappa shape index (κ3) is 2.58. The van der Waals surface area contributed by atoms with E-state index in [1.54, 1.807) is 0 Å². The van der Waals surface area contributed by atoms with Gasteiger partial charge >= 0.3 is 0 Å². The minimum atomic E-state index is -0.228. The van der Waals surface area contributed by atoms with Crippen LogP contribution in [0.2, 0.25) is 0 Å². The summed E-state index contributed by atoms with van der Waals surface area (Å²) < 4.78 is 5.87. The highest BCUT2D eigenvalue weighted by Gasteiger charge is 2.29. The Morgan fingerprint density at radius 3 is 3.11 bits per heavy atom. The van der Waals surface area contributed by atoms with E-state index in [9.17, 15) is 5.11 Å². The van der Waals surface area contributed by atoms with Crippen molar-refractivity contribution < 1.29 is 9.84 Å². The summed E-state index contributed by atoms with van der Waals surface area (Å²) in [6, 6.07) is 8.48. The van der Waals surface area contributed by atoms with E-state index in [0.717, 1.165) is 25.9 Å². The molecule has 2 aliphatic heterocycles. The van der Waals surface area contributed by atoms with Crippen LogP contribution in [-0.4, -0.2) is 28.8 Å². The second kappa shape index (κ2) is 5.64. The minimum Gasteiger partial charge on any atom is -0.392 e. The van der Waals surface area contributed by atoms with Crippen molar-refractivity contribution in [1.29, 1.82) is 0 Å². The lowest BCUT2D eigenvalue weighted by Gasteiger charge is -2.29. The van der Waals surface area contributed by atoms with Gasteiger partial charge in [0, 0.05) is 11.7 Å². The number of hydrogen-bond acceptors (Lipinski definition) is 3. The second-order valence-corrected chi connectivity index (χ2v) is 6.51. The molecular formula is C15H20O2S. The molecule has 18 heavy (non-hydrogen) atoms. The van der Waals surface area contributed by atoms with Crippen molar-refractivity contribution in [2.75, 3.05) is 12.4 Å². The third-order valence-electron chi connectivity index (χ3n) is 3.94. The van der Waals surface area contributed by atoms with E-state index in [4.69, 9.17) is 4.74 Å². The van der Waals surface area contributed by atoms with E-state index in [2.05, 4.69) is 24.3 Å². The Bertz CT molecular complexity index is 401. The average Bonchev–Trinajstić information content (AvgIpc) is 2.93. The Morgan fingerprint density at radius 1 is 1.39 bits per heavy atom. The topological polar surface area (TPSA) is 29.5 Å². The van der Waals surface area contributed by atoms with Crippen molar-refractivity contribution in [1.82, 2.24) is 0 Å². The van der Waals surface area contributed by atoms with E-state index in [1.165, 1.54) is 23.3 Å². The quantitative estimate of drug-likeness (QED) is 0.910. The van der Waals surface area contributed by atoms with Crippen LogP contribution in [0.1, 0.15) is 36.5 Å². The number of rotatable bonds is 3. The van der Waals surface area contributed by atoms with Crippen LogP contribution in [0.4, 0.5) is 0 Å². The maximum Gasteiger partial charge on any atom is 0.0852 e. The lowest BCUT2D eigenvalue weighted by Crippen LogP contribution is -2.26. The first-order valence-electron chi connectivity index (χ1n) is 6.83. The van der Waals surface area contributed by atoms with Crippen LogP contribution in [0, 0.1) is 0 Å².